The Labute approximate surface area is 232 Å². The quantitative estimate of drug-likeness (QED) is 0.395. The first-order valence-corrected chi connectivity index (χ1v) is 14.2. The zero-order valence-corrected chi connectivity index (χ0v) is 23.3. The van der Waals surface area contributed by atoms with Crippen LogP contribution in [0.3, 0.4) is 0 Å². The summed E-state index contributed by atoms with van der Waals surface area (Å²) in [5.41, 5.74) is 5.63. The van der Waals surface area contributed by atoms with Crippen LogP contribution in [0.1, 0.15) is 73.2 Å². The lowest BCUT2D eigenvalue weighted by Crippen LogP contribution is -2.33. The number of fused-ring (bicyclic) bond motifs is 5. The lowest BCUT2D eigenvalue weighted by atomic mass is 9.81. The fraction of sp³-hybridized carbons (Fsp3) is 0.516. The molecule has 2 aromatic carbocycles. The lowest BCUT2D eigenvalue weighted by Gasteiger charge is -2.26. The van der Waals surface area contributed by atoms with E-state index in [9.17, 15) is 4.79 Å². The molecule has 0 unspecified atom stereocenters. The van der Waals surface area contributed by atoms with Crippen molar-refractivity contribution in [2.75, 3.05) is 39.9 Å². The second-order valence-corrected chi connectivity index (χ2v) is 10.8. The van der Waals surface area contributed by atoms with Crippen molar-refractivity contribution >= 4 is 29.2 Å². The van der Waals surface area contributed by atoms with E-state index in [1.807, 2.05) is 6.07 Å². The first-order valence-electron chi connectivity index (χ1n) is 14.2. The number of nitrogens with one attached hydrogen (secondary N) is 1. The van der Waals surface area contributed by atoms with E-state index in [-0.39, 0.29) is 18.3 Å². The number of amides is 1. The molecule has 204 valence electrons. The van der Waals surface area contributed by atoms with Crippen molar-refractivity contribution in [3.05, 3.63) is 47.5 Å². The van der Waals surface area contributed by atoms with Gasteiger partial charge in [-0.25, -0.2) is 0 Å². The third-order valence-electron chi connectivity index (χ3n) is 8.52. The SMILES string of the molecule is CNC(=O)c1ccc2c(C3CCCCC3)c3n(c2c1)CCOc1c(OCCN2CCCCC2)cccc1-3.Cl. The summed E-state index contributed by atoms with van der Waals surface area (Å²) in [6.45, 7) is 5.31. The van der Waals surface area contributed by atoms with Gasteiger partial charge in [-0.3, -0.25) is 9.69 Å². The van der Waals surface area contributed by atoms with E-state index in [0.29, 0.717) is 24.7 Å². The Morgan fingerprint density at radius 3 is 2.61 bits per heavy atom. The van der Waals surface area contributed by atoms with Crippen molar-refractivity contribution in [3.63, 3.8) is 0 Å². The van der Waals surface area contributed by atoms with Gasteiger partial charge in [-0.05, 0) is 74.5 Å². The number of ether oxygens (including phenoxy) is 2. The van der Waals surface area contributed by atoms with Crippen LogP contribution < -0.4 is 14.8 Å². The Morgan fingerprint density at radius 2 is 1.82 bits per heavy atom. The number of carbonyl (C=O) groups excluding carboxylic acids is 1. The Balaban J connectivity index is 0.00000294. The van der Waals surface area contributed by atoms with Crippen molar-refractivity contribution in [1.82, 2.24) is 14.8 Å². The van der Waals surface area contributed by atoms with Crippen molar-refractivity contribution in [3.8, 4) is 22.8 Å². The van der Waals surface area contributed by atoms with Crippen LogP contribution in [0.5, 0.6) is 11.5 Å². The molecule has 3 aromatic rings. The van der Waals surface area contributed by atoms with E-state index in [0.717, 1.165) is 35.7 Å². The summed E-state index contributed by atoms with van der Waals surface area (Å²) in [5.74, 6) is 2.18. The fourth-order valence-corrected chi connectivity index (χ4v) is 6.66. The zero-order valence-electron chi connectivity index (χ0n) is 22.5. The number of nitrogens with zero attached hydrogens (tertiary/aromatic N) is 2. The molecule has 6 rings (SSSR count). The summed E-state index contributed by atoms with van der Waals surface area (Å²) in [5, 5.41) is 4.06. The van der Waals surface area contributed by atoms with E-state index < -0.39 is 0 Å². The second kappa shape index (κ2) is 12.0. The number of aromatic nitrogens is 1. The molecule has 3 heterocycles. The summed E-state index contributed by atoms with van der Waals surface area (Å²) in [6, 6.07) is 12.6. The minimum Gasteiger partial charge on any atom is -0.488 e. The van der Waals surface area contributed by atoms with Gasteiger partial charge in [-0.1, -0.05) is 37.8 Å². The van der Waals surface area contributed by atoms with Gasteiger partial charge in [-0.15, -0.1) is 12.4 Å². The van der Waals surface area contributed by atoms with E-state index in [2.05, 4.69) is 45.1 Å². The maximum Gasteiger partial charge on any atom is 0.251 e. The number of rotatable bonds is 6. The highest BCUT2D eigenvalue weighted by Gasteiger charge is 2.30. The molecule has 7 heteroatoms. The minimum absolute atomic E-state index is 0. The topological polar surface area (TPSA) is 55.7 Å². The summed E-state index contributed by atoms with van der Waals surface area (Å²) < 4.78 is 15.2. The number of likely N-dealkylation sites (tertiary alicyclic amines) is 1. The number of hydrogen-bond donors (Lipinski definition) is 1. The van der Waals surface area contributed by atoms with Crippen molar-refractivity contribution < 1.29 is 14.3 Å². The van der Waals surface area contributed by atoms with Crippen LogP contribution in [0, 0.1) is 0 Å². The molecular weight excluding hydrogens is 498 g/mol. The summed E-state index contributed by atoms with van der Waals surface area (Å²) in [4.78, 5) is 15.0. The Morgan fingerprint density at radius 1 is 1.03 bits per heavy atom. The number of hydrogen-bond acceptors (Lipinski definition) is 4. The van der Waals surface area contributed by atoms with Gasteiger partial charge in [0.25, 0.3) is 5.91 Å². The number of benzene rings is 2. The summed E-state index contributed by atoms with van der Waals surface area (Å²) in [6.07, 6.45) is 10.2. The van der Waals surface area contributed by atoms with Gasteiger partial charge in [0.15, 0.2) is 11.5 Å². The Kier molecular flexibility index (Phi) is 8.49. The summed E-state index contributed by atoms with van der Waals surface area (Å²) >= 11 is 0. The van der Waals surface area contributed by atoms with E-state index >= 15 is 0 Å². The number of carbonyl (C=O) groups is 1. The third-order valence-corrected chi connectivity index (χ3v) is 8.52. The van der Waals surface area contributed by atoms with Crippen LogP contribution in [0.15, 0.2) is 36.4 Å². The van der Waals surface area contributed by atoms with E-state index in [4.69, 9.17) is 9.47 Å². The molecule has 0 atom stereocenters. The molecule has 2 aliphatic heterocycles. The molecule has 3 aliphatic rings. The Bertz CT molecular complexity index is 1280. The normalized spacial score (nSPS) is 18.0. The van der Waals surface area contributed by atoms with Crippen LogP contribution in [0.4, 0.5) is 0 Å². The van der Waals surface area contributed by atoms with Crippen LogP contribution >= 0.6 is 12.4 Å². The van der Waals surface area contributed by atoms with Gasteiger partial charge >= 0.3 is 0 Å². The van der Waals surface area contributed by atoms with Crippen molar-refractivity contribution in [2.45, 2.75) is 63.8 Å². The molecule has 1 amide bonds. The average Bonchev–Trinajstić information content (AvgIpc) is 3.14. The molecule has 1 saturated carbocycles. The van der Waals surface area contributed by atoms with Gasteiger partial charge in [0.05, 0.1) is 12.2 Å². The highest BCUT2D eigenvalue weighted by Crippen LogP contribution is 2.49. The van der Waals surface area contributed by atoms with Gasteiger partial charge in [0.1, 0.15) is 13.2 Å². The molecule has 2 fully saturated rings. The lowest BCUT2D eigenvalue weighted by molar-refractivity contribution is 0.0963. The number of piperidine rings is 1. The van der Waals surface area contributed by atoms with Crippen LogP contribution in [0.25, 0.3) is 22.2 Å². The molecule has 1 N–H and O–H groups in total. The molecule has 1 aromatic heterocycles. The zero-order chi connectivity index (χ0) is 25.2. The first kappa shape index (κ1) is 26.9. The highest BCUT2D eigenvalue weighted by atomic mass is 35.5. The minimum atomic E-state index is -0.0497. The standard InChI is InChI=1S/C31H39N3O3.ClH/c1-32-31(35)23-13-14-24-26(21-23)34-18-20-37-30-25(29(34)28(24)22-9-4-2-5-10-22)11-8-12-27(30)36-19-17-33-15-6-3-7-16-33;/h8,11-14,21-22H,2-7,9-10,15-20H2,1H3,(H,32,35);1H. The highest BCUT2D eigenvalue weighted by molar-refractivity contribution is 6.01. The van der Waals surface area contributed by atoms with Gasteiger partial charge in [0, 0.05) is 35.6 Å². The molecule has 0 radical (unpaired) electrons. The molecule has 1 aliphatic carbocycles. The van der Waals surface area contributed by atoms with Gasteiger partial charge in [-0.2, -0.15) is 0 Å². The third kappa shape index (κ3) is 5.13. The first-order chi connectivity index (χ1) is 18.2. The van der Waals surface area contributed by atoms with E-state index in [1.165, 1.54) is 81.1 Å². The van der Waals surface area contributed by atoms with Gasteiger partial charge < -0.3 is 19.4 Å². The molecular formula is C31H40ClN3O3. The van der Waals surface area contributed by atoms with Crippen LogP contribution in [-0.2, 0) is 6.54 Å². The maximum absolute atomic E-state index is 12.5. The second-order valence-electron chi connectivity index (χ2n) is 10.8. The molecule has 0 spiro atoms. The monoisotopic (exact) mass is 537 g/mol. The average molecular weight is 538 g/mol. The predicted octanol–water partition coefficient (Wildman–Crippen LogP) is 6.39. The van der Waals surface area contributed by atoms with Crippen LogP contribution in [-0.4, -0.2) is 55.3 Å². The largest absolute Gasteiger partial charge is 0.488 e. The van der Waals surface area contributed by atoms with E-state index in [1.54, 1.807) is 7.05 Å². The van der Waals surface area contributed by atoms with Crippen molar-refractivity contribution in [2.24, 2.45) is 0 Å². The molecule has 6 nitrogen and oxygen atoms in total. The predicted molar refractivity (Wildman–Crippen MR) is 155 cm³/mol. The molecule has 0 bridgehead atoms. The summed E-state index contributed by atoms with van der Waals surface area (Å²) in [7, 11) is 1.69. The van der Waals surface area contributed by atoms with Crippen LogP contribution in [0.2, 0.25) is 0 Å². The van der Waals surface area contributed by atoms with Gasteiger partial charge in [0.2, 0.25) is 0 Å². The molecule has 38 heavy (non-hydrogen) atoms. The fourth-order valence-electron chi connectivity index (χ4n) is 6.66. The molecule has 1 saturated heterocycles. The van der Waals surface area contributed by atoms with Crippen molar-refractivity contribution in [1.29, 1.82) is 0 Å². The maximum atomic E-state index is 12.5. The number of para-hydroxylation sites is 1. The Hall–Kier alpha value is -2.70. The number of halogens is 1. The smallest absolute Gasteiger partial charge is 0.251 e.